The lowest BCUT2D eigenvalue weighted by atomic mass is 9.42. The van der Waals surface area contributed by atoms with Gasteiger partial charge in [-0.25, -0.2) is 0 Å². The van der Waals surface area contributed by atoms with Gasteiger partial charge in [0.25, 0.3) is 0 Å². The van der Waals surface area contributed by atoms with E-state index in [0.29, 0.717) is 24.4 Å². The van der Waals surface area contributed by atoms with Crippen molar-refractivity contribution in [2.45, 2.75) is 93.8 Å². The van der Waals surface area contributed by atoms with Gasteiger partial charge in [-0.2, -0.15) is 0 Å². The molecule has 174 valence electrons. The maximum absolute atomic E-state index is 11.1. The fourth-order valence-corrected chi connectivity index (χ4v) is 8.86. The first-order chi connectivity index (χ1) is 15.0. The molecule has 0 aromatic carbocycles. The molecule has 9 atom stereocenters. The van der Waals surface area contributed by atoms with Gasteiger partial charge in [0, 0.05) is 43.6 Å². The monoisotopic (exact) mass is 434 g/mol. The molecule has 7 heteroatoms. The fraction of sp³-hybridized carbons (Fsp3) is 0.958. The van der Waals surface area contributed by atoms with Crippen LogP contribution in [-0.4, -0.2) is 83.8 Å². The van der Waals surface area contributed by atoms with Crippen molar-refractivity contribution >= 4 is 5.97 Å². The summed E-state index contributed by atoms with van der Waals surface area (Å²) in [5, 5.41) is 23.6. The highest BCUT2D eigenvalue weighted by Crippen LogP contribution is 2.70. The molecule has 2 saturated heterocycles. The molecule has 3 N–H and O–H groups in total. The number of nitrogens with one attached hydrogen (secondary N) is 1. The molecule has 6 rings (SSSR count). The highest BCUT2D eigenvalue weighted by atomic mass is 16.5. The highest BCUT2D eigenvalue weighted by molar-refractivity contribution is 5.66. The second-order valence-corrected chi connectivity index (χ2v) is 11.3. The number of ether oxygens (including phenoxy) is 2. The minimum absolute atomic E-state index is 0.00822. The molecule has 6 aliphatic rings. The van der Waals surface area contributed by atoms with Crippen molar-refractivity contribution in [1.82, 2.24) is 10.2 Å². The van der Waals surface area contributed by atoms with Crippen molar-refractivity contribution in [3.63, 3.8) is 0 Å². The van der Waals surface area contributed by atoms with Crippen LogP contribution in [0.4, 0.5) is 0 Å². The van der Waals surface area contributed by atoms with Crippen molar-refractivity contribution in [2.75, 3.05) is 26.7 Å². The number of likely N-dealkylation sites (tertiary alicyclic amines) is 1. The summed E-state index contributed by atoms with van der Waals surface area (Å²) in [6.07, 6.45) is 8.46. The fourth-order valence-electron chi connectivity index (χ4n) is 8.86. The van der Waals surface area contributed by atoms with E-state index in [1.807, 2.05) is 7.11 Å². The lowest BCUT2D eigenvalue weighted by molar-refractivity contribution is -0.272. The second-order valence-electron chi connectivity index (χ2n) is 11.3. The van der Waals surface area contributed by atoms with Crippen LogP contribution in [-0.2, 0) is 14.3 Å². The molecule has 2 heterocycles. The minimum atomic E-state index is -0.768. The molecule has 0 radical (unpaired) electrons. The van der Waals surface area contributed by atoms with Gasteiger partial charge in [-0.05, 0) is 69.7 Å². The van der Waals surface area contributed by atoms with Crippen LogP contribution in [0.15, 0.2) is 0 Å². The van der Waals surface area contributed by atoms with E-state index in [-0.39, 0.29) is 35.7 Å². The molecule has 31 heavy (non-hydrogen) atoms. The molecule has 4 saturated carbocycles. The molecular weight excluding hydrogens is 396 g/mol. The maximum Gasteiger partial charge on any atom is 0.304 e. The first kappa shape index (κ1) is 20.8. The van der Waals surface area contributed by atoms with Crippen LogP contribution in [0.1, 0.15) is 57.8 Å². The Bertz CT molecular complexity index is 731. The van der Waals surface area contributed by atoms with E-state index >= 15 is 0 Å². The van der Waals surface area contributed by atoms with Crippen LogP contribution in [0.3, 0.4) is 0 Å². The summed E-state index contributed by atoms with van der Waals surface area (Å²) in [4.78, 5) is 13.8. The van der Waals surface area contributed by atoms with Crippen LogP contribution < -0.4 is 5.32 Å². The summed E-state index contributed by atoms with van der Waals surface area (Å²) in [5.74, 6) is 1.04. The Morgan fingerprint density at radius 3 is 2.81 bits per heavy atom. The molecule has 5 unspecified atom stereocenters. The third-order valence-electron chi connectivity index (χ3n) is 10.1. The summed E-state index contributed by atoms with van der Waals surface area (Å²) in [6.45, 7) is 2.77. The van der Waals surface area contributed by atoms with E-state index in [4.69, 9.17) is 14.6 Å². The number of piperidine rings is 1. The van der Waals surface area contributed by atoms with Crippen LogP contribution in [0.25, 0.3) is 0 Å². The number of carboxylic acids is 1. The van der Waals surface area contributed by atoms with Gasteiger partial charge in [0.05, 0.1) is 30.3 Å². The molecule has 2 bridgehead atoms. The minimum Gasteiger partial charge on any atom is -0.481 e. The van der Waals surface area contributed by atoms with Crippen molar-refractivity contribution in [1.29, 1.82) is 0 Å². The van der Waals surface area contributed by atoms with Gasteiger partial charge in [-0.1, -0.05) is 0 Å². The number of hydrogen-bond donors (Lipinski definition) is 3. The van der Waals surface area contributed by atoms with Crippen molar-refractivity contribution < 1.29 is 24.5 Å². The number of methoxy groups -OCH3 is 1. The van der Waals surface area contributed by atoms with E-state index in [0.717, 1.165) is 44.6 Å². The summed E-state index contributed by atoms with van der Waals surface area (Å²) in [7, 11) is 1.91. The quantitative estimate of drug-likeness (QED) is 0.561. The zero-order valence-electron chi connectivity index (χ0n) is 18.7. The normalized spacial score (nSPS) is 50.8. The second kappa shape index (κ2) is 7.39. The molecule has 0 aromatic heterocycles. The van der Waals surface area contributed by atoms with Gasteiger partial charge in [0.2, 0.25) is 0 Å². The number of aliphatic hydroxyl groups is 1. The van der Waals surface area contributed by atoms with E-state index in [1.54, 1.807) is 0 Å². The Hall–Kier alpha value is -0.730. The number of aliphatic hydroxyl groups excluding tert-OH is 1. The SMILES string of the molecule is CO[C@]12CC[C@@H](NCCC(=O)O)[C@@H]3OC4C(O)CCC5CC1N(CC1CC1)CC[C@]32C54. The predicted octanol–water partition coefficient (Wildman–Crippen LogP) is 1.63. The lowest BCUT2D eigenvalue weighted by Crippen LogP contribution is -2.79. The van der Waals surface area contributed by atoms with Crippen molar-refractivity contribution in [2.24, 2.45) is 23.2 Å². The Morgan fingerprint density at radius 1 is 1.23 bits per heavy atom. The van der Waals surface area contributed by atoms with Gasteiger partial charge in [0.15, 0.2) is 0 Å². The third-order valence-corrected chi connectivity index (χ3v) is 10.1. The number of carbonyl (C=O) groups is 1. The first-order valence-electron chi connectivity index (χ1n) is 12.6. The molecule has 6 fully saturated rings. The average molecular weight is 435 g/mol. The molecule has 7 nitrogen and oxygen atoms in total. The Morgan fingerprint density at radius 2 is 2.06 bits per heavy atom. The van der Waals surface area contributed by atoms with Gasteiger partial charge in [0.1, 0.15) is 0 Å². The molecule has 0 aromatic rings. The highest BCUT2D eigenvalue weighted by Gasteiger charge is 2.78. The standard InChI is InChI=1S/C24H38N2O5/c1-30-24-8-6-16(25-10-7-19(28)29)22-23(24)9-11-26(13-14-2-3-14)18(24)12-15-4-5-17(27)21(31-22)20(15)23/h14-18,20-22,25,27H,2-13H2,1H3,(H,28,29)/t15?,16-,17?,18?,20?,21?,22+,23+,24-/m1/s1. The van der Waals surface area contributed by atoms with Crippen molar-refractivity contribution in [3.8, 4) is 0 Å². The van der Waals surface area contributed by atoms with E-state index in [2.05, 4.69) is 10.2 Å². The van der Waals surface area contributed by atoms with Gasteiger partial charge in [-0.15, -0.1) is 0 Å². The Balaban J connectivity index is 1.38. The predicted molar refractivity (Wildman–Crippen MR) is 114 cm³/mol. The first-order valence-corrected chi connectivity index (χ1v) is 12.6. The summed E-state index contributed by atoms with van der Waals surface area (Å²) < 4.78 is 13.4. The average Bonchev–Trinajstić information content (AvgIpc) is 3.49. The van der Waals surface area contributed by atoms with E-state index in [1.165, 1.54) is 25.8 Å². The maximum atomic E-state index is 11.1. The number of nitrogens with zero attached hydrogens (tertiary/aromatic N) is 1. The van der Waals surface area contributed by atoms with Crippen molar-refractivity contribution in [3.05, 3.63) is 0 Å². The van der Waals surface area contributed by atoms with Gasteiger partial charge in [-0.3, -0.25) is 9.69 Å². The van der Waals surface area contributed by atoms with E-state index < -0.39 is 12.1 Å². The van der Waals surface area contributed by atoms with Gasteiger partial charge >= 0.3 is 5.97 Å². The molecule has 2 aliphatic heterocycles. The topological polar surface area (TPSA) is 91.3 Å². The summed E-state index contributed by atoms with van der Waals surface area (Å²) >= 11 is 0. The molecule has 4 aliphatic carbocycles. The molecule has 1 spiro atoms. The van der Waals surface area contributed by atoms with Crippen LogP contribution in [0.2, 0.25) is 0 Å². The Labute approximate surface area is 184 Å². The molecular formula is C24H38N2O5. The number of rotatable bonds is 7. The van der Waals surface area contributed by atoms with Crippen LogP contribution >= 0.6 is 0 Å². The van der Waals surface area contributed by atoms with Gasteiger partial charge < -0.3 is 25.0 Å². The molecule has 0 amide bonds. The number of carboxylic acid groups (broad SMARTS) is 1. The number of aliphatic carboxylic acids is 1. The summed E-state index contributed by atoms with van der Waals surface area (Å²) in [6, 6.07) is 0.572. The lowest BCUT2D eigenvalue weighted by Gasteiger charge is -2.70. The number of hydrogen-bond acceptors (Lipinski definition) is 6. The zero-order valence-corrected chi connectivity index (χ0v) is 18.7. The van der Waals surface area contributed by atoms with Crippen LogP contribution in [0, 0.1) is 23.2 Å². The largest absolute Gasteiger partial charge is 0.481 e. The summed E-state index contributed by atoms with van der Waals surface area (Å²) in [5.41, 5.74) is -0.302. The van der Waals surface area contributed by atoms with Crippen LogP contribution in [0.5, 0.6) is 0 Å². The Kier molecular flexibility index (Phi) is 4.97. The smallest absolute Gasteiger partial charge is 0.304 e. The zero-order chi connectivity index (χ0) is 21.4. The van der Waals surface area contributed by atoms with E-state index in [9.17, 15) is 9.90 Å². The third kappa shape index (κ3) is 2.86.